The predicted molar refractivity (Wildman–Crippen MR) is 131 cm³/mol. The van der Waals surface area contributed by atoms with Gasteiger partial charge >= 0.3 is 0 Å². The van der Waals surface area contributed by atoms with E-state index in [1.54, 1.807) is 16.8 Å². The lowest BCUT2D eigenvalue weighted by Gasteiger charge is -2.27. The third kappa shape index (κ3) is 5.54. The monoisotopic (exact) mass is 486 g/mol. The number of piperidine rings is 1. The molecule has 1 aliphatic rings. The van der Waals surface area contributed by atoms with Gasteiger partial charge in [0.15, 0.2) is 0 Å². The van der Waals surface area contributed by atoms with Crippen molar-refractivity contribution in [3.8, 4) is 10.7 Å². The molecule has 3 aromatic rings. The van der Waals surface area contributed by atoms with Crippen LogP contribution in [0.5, 0.6) is 0 Å². The maximum atomic E-state index is 13.1. The number of likely N-dealkylation sites (tertiary alicyclic amines) is 1. The molecule has 9 heteroatoms. The van der Waals surface area contributed by atoms with Crippen LogP contribution in [-0.4, -0.2) is 41.9 Å². The Bertz CT molecular complexity index is 1250. The Kier molecular flexibility index (Phi) is 7.02. The molecule has 0 aliphatic carbocycles. The molecule has 1 saturated heterocycles. The maximum absolute atomic E-state index is 13.1. The van der Waals surface area contributed by atoms with Crippen molar-refractivity contribution < 1.29 is 13.2 Å². The van der Waals surface area contributed by atoms with Crippen LogP contribution in [0.3, 0.4) is 0 Å². The smallest absolute Gasteiger partial charge is 0.242 e. The van der Waals surface area contributed by atoms with E-state index in [0.29, 0.717) is 10.7 Å². The molecule has 2 aromatic heterocycles. The Morgan fingerprint density at radius 1 is 1.09 bits per heavy atom. The van der Waals surface area contributed by atoms with Crippen LogP contribution in [0.1, 0.15) is 41.6 Å². The van der Waals surface area contributed by atoms with Gasteiger partial charge in [-0.1, -0.05) is 18.2 Å². The van der Waals surface area contributed by atoms with Crippen LogP contribution in [-0.2, 0) is 27.9 Å². The van der Waals surface area contributed by atoms with Crippen molar-refractivity contribution in [3.63, 3.8) is 0 Å². The summed E-state index contributed by atoms with van der Waals surface area (Å²) in [4.78, 5) is 19.4. The summed E-state index contributed by atoms with van der Waals surface area (Å²) < 4.78 is 30.6. The summed E-state index contributed by atoms with van der Waals surface area (Å²) in [5.74, 6) is 0.00636. The molecule has 0 bridgehead atoms. The summed E-state index contributed by atoms with van der Waals surface area (Å²) in [7, 11) is -3.76. The first-order valence-electron chi connectivity index (χ1n) is 11.2. The zero-order chi connectivity index (χ0) is 23.6. The van der Waals surface area contributed by atoms with Crippen molar-refractivity contribution in [2.75, 3.05) is 13.1 Å². The summed E-state index contributed by atoms with van der Waals surface area (Å²) in [5, 5.41) is 2.63. The molecule has 7 nitrogen and oxygen atoms in total. The number of amides is 1. The summed E-state index contributed by atoms with van der Waals surface area (Å²) in [6.45, 7) is 7.75. The van der Waals surface area contributed by atoms with Gasteiger partial charge in [-0.2, -0.15) is 0 Å². The average molecular weight is 487 g/mol. The number of hydrogen-bond donors (Lipinski definition) is 1. The fourth-order valence-electron chi connectivity index (χ4n) is 3.98. The van der Waals surface area contributed by atoms with Crippen LogP contribution < -0.4 is 4.72 Å². The van der Waals surface area contributed by atoms with Crippen LogP contribution >= 0.6 is 11.3 Å². The van der Waals surface area contributed by atoms with E-state index < -0.39 is 10.0 Å². The lowest BCUT2D eigenvalue weighted by molar-refractivity contribution is -0.132. The highest BCUT2D eigenvalue weighted by molar-refractivity contribution is 7.89. The third-order valence-electron chi connectivity index (χ3n) is 6.07. The SMILES string of the molecule is Cc1csc(-c2cc(S(=O)(=O)NCc3ccc(C)c(C)c3)cn2CC(=O)N2CCCCC2)n1. The van der Waals surface area contributed by atoms with Gasteiger partial charge in [0.05, 0.1) is 5.69 Å². The van der Waals surface area contributed by atoms with E-state index in [4.69, 9.17) is 0 Å². The molecule has 0 unspecified atom stereocenters. The number of aromatic nitrogens is 2. The van der Waals surface area contributed by atoms with Crippen molar-refractivity contribution >= 4 is 27.3 Å². The van der Waals surface area contributed by atoms with E-state index in [1.165, 1.54) is 16.9 Å². The van der Waals surface area contributed by atoms with E-state index in [0.717, 1.165) is 49.2 Å². The Labute approximate surface area is 199 Å². The first-order valence-corrected chi connectivity index (χ1v) is 13.6. The second kappa shape index (κ2) is 9.79. The molecule has 0 atom stereocenters. The molecule has 176 valence electrons. The van der Waals surface area contributed by atoms with Crippen molar-refractivity contribution in [3.05, 3.63) is 58.2 Å². The molecule has 0 radical (unpaired) electrons. The maximum Gasteiger partial charge on any atom is 0.242 e. The lowest BCUT2D eigenvalue weighted by Crippen LogP contribution is -2.37. The molecule has 0 saturated carbocycles. The second-order valence-corrected chi connectivity index (χ2v) is 11.3. The molecule has 3 heterocycles. The van der Waals surface area contributed by atoms with Gasteiger partial charge in [-0.15, -0.1) is 11.3 Å². The van der Waals surface area contributed by atoms with Gasteiger partial charge in [-0.05, 0) is 62.8 Å². The van der Waals surface area contributed by atoms with Crippen molar-refractivity contribution in [2.24, 2.45) is 0 Å². The lowest BCUT2D eigenvalue weighted by atomic mass is 10.1. The number of aryl methyl sites for hydroxylation is 3. The van der Waals surface area contributed by atoms with Crippen LogP contribution in [0.4, 0.5) is 0 Å². The minimum absolute atomic E-state index is 0.00636. The quantitative estimate of drug-likeness (QED) is 0.547. The molecule has 1 aromatic carbocycles. The van der Waals surface area contributed by atoms with Gasteiger partial charge in [0.2, 0.25) is 15.9 Å². The van der Waals surface area contributed by atoms with Gasteiger partial charge < -0.3 is 9.47 Å². The highest BCUT2D eigenvalue weighted by Crippen LogP contribution is 2.28. The Morgan fingerprint density at radius 3 is 2.52 bits per heavy atom. The van der Waals surface area contributed by atoms with Gasteiger partial charge in [0.25, 0.3) is 0 Å². The first kappa shape index (κ1) is 23.7. The molecule has 1 aliphatic heterocycles. The van der Waals surface area contributed by atoms with E-state index in [-0.39, 0.29) is 23.9 Å². The number of rotatable bonds is 7. The van der Waals surface area contributed by atoms with Crippen LogP contribution in [0.25, 0.3) is 10.7 Å². The number of thiazole rings is 1. The molecular weight excluding hydrogens is 456 g/mol. The normalized spacial score (nSPS) is 14.6. The Balaban J connectivity index is 1.59. The molecule has 4 rings (SSSR count). The number of hydrogen-bond acceptors (Lipinski definition) is 5. The van der Waals surface area contributed by atoms with Crippen molar-refractivity contribution in [2.45, 2.75) is 58.0 Å². The van der Waals surface area contributed by atoms with Crippen molar-refractivity contribution in [1.29, 1.82) is 0 Å². The fourth-order valence-corrected chi connectivity index (χ4v) is 5.86. The number of carbonyl (C=O) groups excluding carboxylic acids is 1. The average Bonchev–Trinajstić information content (AvgIpc) is 3.42. The number of nitrogens with one attached hydrogen (secondary N) is 1. The van der Waals surface area contributed by atoms with E-state index >= 15 is 0 Å². The molecular formula is C24H30N4O3S2. The standard InChI is InChI=1S/C24H30N4O3S2/c1-17-7-8-20(11-18(17)2)13-25-33(30,31)21-12-22(24-26-19(3)16-32-24)28(14-21)15-23(29)27-9-5-4-6-10-27/h7-8,11-12,14,16,25H,4-6,9-10,13,15H2,1-3H3. The van der Waals surface area contributed by atoms with E-state index in [9.17, 15) is 13.2 Å². The molecule has 33 heavy (non-hydrogen) atoms. The summed E-state index contributed by atoms with van der Waals surface area (Å²) >= 11 is 1.44. The largest absolute Gasteiger partial charge is 0.341 e. The van der Waals surface area contributed by atoms with Gasteiger partial charge in [0, 0.05) is 36.9 Å². The number of nitrogens with zero attached hydrogens (tertiary/aromatic N) is 3. The van der Waals surface area contributed by atoms with E-state index in [2.05, 4.69) is 9.71 Å². The van der Waals surface area contributed by atoms with Gasteiger partial charge in [-0.25, -0.2) is 18.1 Å². The van der Waals surface area contributed by atoms with Crippen molar-refractivity contribution in [1.82, 2.24) is 19.2 Å². The zero-order valence-electron chi connectivity index (χ0n) is 19.3. The van der Waals surface area contributed by atoms with Crippen LogP contribution in [0, 0.1) is 20.8 Å². The molecule has 0 spiro atoms. The Hall–Kier alpha value is -2.49. The van der Waals surface area contributed by atoms with Crippen LogP contribution in [0.2, 0.25) is 0 Å². The molecule has 1 amide bonds. The van der Waals surface area contributed by atoms with Gasteiger partial charge in [0.1, 0.15) is 16.4 Å². The zero-order valence-corrected chi connectivity index (χ0v) is 20.9. The minimum Gasteiger partial charge on any atom is -0.341 e. The summed E-state index contributed by atoms with van der Waals surface area (Å²) in [6.07, 6.45) is 4.72. The first-order chi connectivity index (χ1) is 15.7. The highest BCUT2D eigenvalue weighted by Gasteiger charge is 2.23. The molecule has 1 N–H and O–H groups in total. The summed E-state index contributed by atoms with van der Waals surface area (Å²) in [6, 6.07) is 7.52. The number of sulfonamides is 1. The minimum atomic E-state index is -3.76. The van der Waals surface area contributed by atoms with Gasteiger partial charge in [-0.3, -0.25) is 4.79 Å². The third-order valence-corrected chi connectivity index (χ3v) is 8.42. The molecule has 1 fully saturated rings. The topological polar surface area (TPSA) is 84.3 Å². The predicted octanol–water partition coefficient (Wildman–Crippen LogP) is 4.03. The second-order valence-electron chi connectivity index (χ2n) is 8.67. The van der Waals surface area contributed by atoms with Crippen LogP contribution in [0.15, 0.2) is 40.7 Å². The Morgan fingerprint density at radius 2 is 1.85 bits per heavy atom. The number of benzene rings is 1. The van der Waals surface area contributed by atoms with E-state index in [1.807, 2.05) is 49.3 Å². The highest BCUT2D eigenvalue weighted by atomic mass is 32.2. The number of carbonyl (C=O) groups is 1. The fraction of sp³-hybridized carbons (Fsp3) is 0.417. The summed E-state index contributed by atoms with van der Waals surface area (Å²) in [5.41, 5.74) is 4.69.